The van der Waals surface area contributed by atoms with Crippen LogP contribution < -0.4 is 10.0 Å². The second-order valence-electron chi connectivity index (χ2n) is 2.65. The minimum absolute atomic E-state index is 0.0299. The van der Waals surface area contributed by atoms with Crippen LogP contribution in [0.4, 0.5) is 5.13 Å². The van der Waals surface area contributed by atoms with E-state index in [1.165, 1.54) is 11.3 Å². The van der Waals surface area contributed by atoms with Gasteiger partial charge < -0.3 is 5.32 Å². The number of aromatic nitrogens is 2. The molecule has 0 bridgehead atoms. The average Bonchev–Trinajstić information content (AvgIpc) is 2.47. The molecule has 1 heterocycles. The van der Waals surface area contributed by atoms with Gasteiger partial charge in [0, 0.05) is 6.54 Å². The number of hydrogen-bond donors (Lipinski definition) is 2. The minimum Gasteiger partial charge on any atom is -0.319 e. The fraction of sp³-hybridized carbons (Fsp3) is 0.667. The number of anilines is 1. The van der Waals surface area contributed by atoms with Gasteiger partial charge in [-0.25, -0.2) is 8.42 Å². The Morgan fingerprint density at radius 2 is 2.14 bits per heavy atom. The quantitative estimate of drug-likeness (QED) is 0.740. The smallest absolute Gasteiger partial charge is 0.235 e. The van der Waals surface area contributed by atoms with Gasteiger partial charge in [0.25, 0.3) is 0 Å². The van der Waals surface area contributed by atoms with Crippen LogP contribution >= 0.6 is 11.3 Å². The van der Waals surface area contributed by atoms with E-state index in [9.17, 15) is 8.42 Å². The number of rotatable bonds is 5. The van der Waals surface area contributed by atoms with Crippen LogP contribution in [-0.2, 0) is 10.0 Å². The fourth-order valence-electron chi connectivity index (χ4n) is 0.758. The van der Waals surface area contributed by atoms with Gasteiger partial charge in [-0.1, -0.05) is 11.3 Å². The Bertz CT molecular complexity index is 386. The van der Waals surface area contributed by atoms with Crippen molar-refractivity contribution in [3.05, 3.63) is 5.01 Å². The third-order valence-electron chi connectivity index (χ3n) is 1.39. The highest BCUT2D eigenvalue weighted by atomic mass is 32.2. The molecule has 6 nitrogen and oxygen atoms in total. The summed E-state index contributed by atoms with van der Waals surface area (Å²) in [6.07, 6.45) is 0. The van der Waals surface area contributed by atoms with Gasteiger partial charge in [0.05, 0.1) is 5.75 Å². The van der Waals surface area contributed by atoms with Crippen molar-refractivity contribution in [2.24, 2.45) is 0 Å². The lowest BCUT2D eigenvalue weighted by Gasteiger charge is -2.02. The van der Waals surface area contributed by atoms with E-state index in [1.807, 2.05) is 0 Å². The molecule has 80 valence electrons. The van der Waals surface area contributed by atoms with Crippen molar-refractivity contribution in [3.63, 3.8) is 0 Å². The standard InChI is InChI=1S/C6H12N4O2S2/c1-5-8-9-6(13-5)10-14(11,12)4-3-7-2/h7H,3-4H2,1-2H3,(H,9,10). The van der Waals surface area contributed by atoms with Crippen molar-refractivity contribution in [1.82, 2.24) is 15.5 Å². The number of hydrogen-bond acceptors (Lipinski definition) is 6. The van der Waals surface area contributed by atoms with Crippen molar-refractivity contribution < 1.29 is 8.42 Å². The molecule has 14 heavy (non-hydrogen) atoms. The summed E-state index contributed by atoms with van der Waals surface area (Å²) in [6.45, 7) is 2.18. The van der Waals surface area contributed by atoms with Crippen LogP contribution in [0.25, 0.3) is 0 Å². The summed E-state index contributed by atoms with van der Waals surface area (Å²) in [5.41, 5.74) is 0. The molecule has 0 aliphatic carbocycles. The van der Waals surface area contributed by atoms with Gasteiger partial charge in [0.2, 0.25) is 15.2 Å². The van der Waals surface area contributed by atoms with Crippen molar-refractivity contribution >= 4 is 26.5 Å². The van der Waals surface area contributed by atoms with Crippen LogP contribution in [0, 0.1) is 6.92 Å². The lowest BCUT2D eigenvalue weighted by molar-refractivity contribution is 0.598. The van der Waals surface area contributed by atoms with Gasteiger partial charge in [0.1, 0.15) is 5.01 Å². The molecule has 1 aromatic rings. The lowest BCUT2D eigenvalue weighted by atomic mass is 10.8. The molecule has 0 aromatic carbocycles. The molecule has 0 radical (unpaired) electrons. The van der Waals surface area contributed by atoms with Crippen LogP contribution in [0.3, 0.4) is 0 Å². The number of aryl methyl sites for hydroxylation is 1. The Hall–Kier alpha value is -0.730. The zero-order chi connectivity index (χ0) is 10.6. The summed E-state index contributed by atoms with van der Waals surface area (Å²) in [6, 6.07) is 0. The highest BCUT2D eigenvalue weighted by molar-refractivity contribution is 7.92. The lowest BCUT2D eigenvalue weighted by Crippen LogP contribution is -2.24. The molecule has 0 amide bonds. The van der Waals surface area contributed by atoms with Crippen LogP contribution in [-0.4, -0.2) is 38.0 Å². The molecule has 0 unspecified atom stereocenters. The second kappa shape index (κ2) is 4.67. The zero-order valence-electron chi connectivity index (χ0n) is 7.94. The highest BCUT2D eigenvalue weighted by Gasteiger charge is 2.11. The molecule has 1 rings (SSSR count). The normalized spacial score (nSPS) is 11.6. The van der Waals surface area contributed by atoms with Crippen molar-refractivity contribution in [1.29, 1.82) is 0 Å². The predicted octanol–water partition coefficient (Wildman–Crippen LogP) is -0.192. The Balaban J connectivity index is 2.59. The van der Waals surface area contributed by atoms with E-state index >= 15 is 0 Å². The van der Waals surface area contributed by atoms with E-state index in [0.29, 0.717) is 11.7 Å². The maximum absolute atomic E-state index is 11.4. The first kappa shape index (κ1) is 11.3. The topological polar surface area (TPSA) is 84.0 Å². The van der Waals surface area contributed by atoms with Crippen molar-refractivity contribution in [3.8, 4) is 0 Å². The first-order valence-electron chi connectivity index (χ1n) is 3.99. The molecular formula is C6H12N4O2S2. The molecule has 8 heteroatoms. The highest BCUT2D eigenvalue weighted by Crippen LogP contribution is 2.14. The Morgan fingerprint density at radius 1 is 1.43 bits per heavy atom. The molecule has 0 aliphatic rings. The largest absolute Gasteiger partial charge is 0.319 e. The van der Waals surface area contributed by atoms with Crippen LogP contribution in [0.5, 0.6) is 0 Å². The van der Waals surface area contributed by atoms with E-state index in [-0.39, 0.29) is 5.75 Å². The van der Waals surface area contributed by atoms with Crippen LogP contribution in [0.15, 0.2) is 0 Å². The summed E-state index contributed by atoms with van der Waals surface area (Å²) in [7, 11) is -1.59. The summed E-state index contributed by atoms with van der Waals surface area (Å²) in [4.78, 5) is 0. The van der Waals surface area contributed by atoms with E-state index in [1.54, 1.807) is 14.0 Å². The van der Waals surface area contributed by atoms with Crippen LogP contribution in [0.2, 0.25) is 0 Å². The maximum atomic E-state index is 11.4. The Labute approximate surface area is 86.8 Å². The molecule has 0 spiro atoms. The Morgan fingerprint density at radius 3 is 2.64 bits per heavy atom. The van der Waals surface area contributed by atoms with E-state index in [2.05, 4.69) is 20.2 Å². The molecule has 0 aliphatic heterocycles. The molecule has 1 aromatic heterocycles. The molecule has 0 fully saturated rings. The van der Waals surface area contributed by atoms with Gasteiger partial charge >= 0.3 is 0 Å². The zero-order valence-corrected chi connectivity index (χ0v) is 9.57. The van der Waals surface area contributed by atoms with Gasteiger partial charge in [0.15, 0.2) is 0 Å². The third kappa shape index (κ3) is 3.56. The Kier molecular flexibility index (Phi) is 3.78. The summed E-state index contributed by atoms with van der Waals surface area (Å²) < 4.78 is 25.1. The maximum Gasteiger partial charge on any atom is 0.235 e. The average molecular weight is 236 g/mol. The molecule has 0 saturated carbocycles. The number of nitrogens with one attached hydrogen (secondary N) is 2. The summed E-state index contributed by atoms with van der Waals surface area (Å²) >= 11 is 1.22. The van der Waals surface area contributed by atoms with Crippen molar-refractivity contribution in [2.75, 3.05) is 24.1 Å². The number of nitrogens with zero attached hydrogens (tertiary/aromatic N) is 2. The summed E-state index contributed by atoms with van der Waals surface area (Å²) in [5, 5.41) is 11.2. The number of sulfonamides is 1. The van der Waals surface area contributed by atoms with Gasteiger partial charge in [-0.15, -0.1) is 10.2 Å². The van der Waals surface area contributed by atoms with E-state index < -0.39 is 10.0 Å². The first-order chi connectivity index (χ1) is 6.53. The molecule has 0 atom stereocenters. The van der Waals surface area contributed by atoms with Crippen molar-refractivity contribution in [2.45, 2.75) is 6.92 Å². The van der Waals surface area contributed by atoms with E-state index in [4.69, 9.17) is 0 Å². The predicted molar refractivity (Wildman–Crippen MR) is 56.0 cm³/mol. The second-order valence-corrected chi connectivity index (χ2v) is 5.67. The monoisotopic (exact) mass is 236 g/mol. The van der Waals surface area contributed by atoms with Gasteiger partial charge in [-0.05, 0) is 14.0 Å². The third-order valence-corrected chi connectivity index (χ3v) is 3.52. The van der Waals surface area contributed by atoms with E-state index in [0.717, 1.165) is 5.01 Å². The van der Waals surface area contributed by atoms with Crippen LogP contribution in [0.1, 0.15) is 5.01 Å². The minimum atomic E-state index is -3.29. The summed E-state index contributed by atoms with van der Waals surface area (Å²) in [5.74, 6) is 0.0299. The first-order valence-corrected chi connectivity index (χ1v) is 6.45. The fourth-order valence-corrected chi connectivity index (χ4v) is 2.63. The van der Waals surface area contributed by atoms with Gasteiger partial charge in [-0.2, -0.15) is 0 Å². The molecule has 2 N–H and O–H groups in total. The van der Waals surface area contributed by atoms with Gasteiger partial charge in [-0.3, -0.25) is 4.72 Å². The molecule has 0 saturated heterocycles. The SMILES string of the molecule is CNCCS(=O)(=O)Nc1nnc(C)s1. The molecular weight excluding hydrogens is 224 g/mol.